The van der Waals surface area contributed by atoms with Gasteiger partial charge in [0, 0.05) is 16.1 Å². The minimum absolute atomic E-state index is 0.0272. The van der Waals surface area contributed by atoms with Crippen LogP contribution in [0.3, 0.4) is 0 Å². The second kappa shape index (κ2) is 5.53. The fraction of sp³-hybridized carbons (Fsp3) is 0.0769. The fourth-order valence-corrected chi connectivity index (χ4v) is 2.34. The molecule has 6 heteroatoms. The molecule has 1 atom stereocenters. The lowest BCUT2D eigenvalue weighted by molar-refractivity contribution is 0.560. The maximum Gasteiger partial charge on any atom is 0.137 e. The Morgan fingerprint density at radius 1 is 1.05 bits per heavy atom. The Labute approximate surface area is 121 Å². The van der Waals surface area contributed by atoms with Crippen LogP contribution in [0.2, 0.25) is 5.02 Å². The van der Waals surface area contributed by atoms with Crippen molar-refractivity contribution in [2.75, 3.05) is 0 Å². The Morgan fingerprint density at radius 2 is 1.74 bits per heavy atom. The van der Waals surface area contributed by atoms with Crippen molar-refractivity contribution in [3.8, 4) is 0 Å². The number of hydrogen-bond donors (Lipinski definition) is 1. The summed E-state index contributed by atoms with van der Waals surface area (Å²) in [5, 5.41) is 0.0650. The van der Waals surface area contributed by atoms with Gasteiger partial charge in [0.25, 0.3) is 0 Å². The van der Waals surface area contributed by atoms with Gasteiger partial charge in [-0.15, -0.1) is 0 Å². The van der Waals surface area contributed by atoms with Crippen molar-refractivity contribution in [3.63, 3.8) is 0 Å². The zero-order valence-corrected chi connectivity index (χ0v) is 11.8. The predicted molar refractivity (Wildman–Crippen MR) is 71.5 cm³/mol. The first kappa shape index (κ1) is 14.4. The average Bonchev–Trinajstić information content (AvgIpc) is 2.33. The number of hydrogen-bond acceptors (Lipinski definition) is 1. The van der Waals surface area contributed by atoms with Crippen molar-refractivity contribution in [2.45, 2.75) is 6.04 Å². The smallest absolute Gasteiger partial charge is 0.137 e. The average molecular weight is 351 g/mol. The van der Waals surface area contributed by atoms with E-state index >= 15 is 0 Å². The van der Waals surface area contributed by atoms with Crippen LogP contribution in [0, 0.1) is 17.5 Å². The highest BCUT2D eigenvalue weighted by molar-refractivity contribution is 9.10. The standard InChI is InChI=1S/C13H8BrClF3N/c14-7-5-10(17)6(4-11(7)18)13(19)12-8(15)2-1-3-9(12)16/h1-5,13H,19H2. The van der Waals surface area contributed by atoms with Gasteiger partial charge in [0.15, 0.2) is 0 Å². The fourth-order valence-electron chi connectivity index (χ4n) is 1.74. The van der Waals surface area contributed by atoms with Crippen LogP contribution in [0.15, 0.2) is 34.8 Å². The lowest BCUT2D eigenvalue weighted by Crippen LogP contribution is -2.16. The van der Waals surface area contributed by atoms with E-state index in [4.69, 9.17) is 17.3 Å². The highest BCUT2D eigenvalue weighted by Crippen LogP contribution is 2.32. The molecule has 2 N–H and O–H groups in total. The molecule has 1 unspecified atom stereocenters. The summed E-state index contributed by atoms with van der Waals surface area (Å²) in [4.78, 5) is 0. The monoisotopic (exact) mass is 349 g/mol. The van der Waals surface area contributed by atoms with Crippen LogP contribution in [-0.2, 0) is 0 Å². The molecular formula is C13H8BrClF3N. The number of benzene rings is 2. The van der Waals surface area contributed by atoms with E-state index in [0.717, 1.165) is 18.2 Å². The lowest BCUT2D eigenvalue weighted by Gasteiger charge is -2.16. The Balaban J connectivity index is 2.56. The van der Waals surface area contributed by atoms with E-state index < -0.39 is 23.5 Å². The van der Waals surface area contributed by atoms with E-state index in [2.05, 4.69) is 15.9 Å². The Bertz CT molecular complexity index is 613. The predicted octanol–water partition coefficient (Wildman–Crippen LogP) is 4.57. The maximum atomic E-state index is 13.8. The minimum atomic E-state index is -1.18. The van der Waals surface area contributed by atoms with Gasteiger partial charge in [-0.1, -0.05) is 17.7 Å². The zero-order valence-electron chi connectivity index (χ0n) is 9.43. The molecule has 0 fully saturated rings. The van der Waals surface area contributed by atoms with Crippen molar-refractivity contribution >= 4 is 27.5 Å². The first-order chi connectivity index (χ1) is 8.91. The highest BCUT2D eigenvalue weighted by atomic mass is 79.9. The Morgan fingerprint density at radius 3 is 2.37 bits per heavy atom. The molecule has 0 amide bonds. The molecule has 100 valence electrons. The summed E-state index contributed by atoms with van der Waals surface area (Å²) in [5.74, 6) is -2.08. The summed E-state index contributed by atoms with van der Waals surface area (Å²) in [5.41, 5.74) is 5.57. The van der Waals surface area contributed by atoms with Crippen molar-refractivity contribution in [3.05, 3.63) is 68.4 Å². The molecule has 1 nitrogen and oxygen atoms in total. The van der Waals surface area contributed by atoms with Crippen molar-refractivity contribution < 1.29 is 13.2 Å². The molecule has 0 aliphatic heterocycles. The van der Waals surface area contributed by atoms with Gasteiger partial charge in [-0.05, 0) is 40.2 Å². The molecule has 0 bridgehead atoms. The summed E-state index contributed by atoms with van der Waals surface area (Å²) < 4.78 is 40.9. The second-order valence-corrected chi connectivity index (χ2v) is 5.16. The maximum absolute atomic E-state index is 13.8. The van der Waals surface area contributed by atoms with Gasteiger partial charge in [0.05, 0.1) is 10.5 Å². The van der Waals surface area contributed by atoms with E-state index in [1.54, 1.807) is 0 Å². The van der Waals surface area contributed by atoms with E-state index in [-0.39, 0.29) is 20.6 Å². The van der Waals surface area contributed by atoms with Crippen LogP contribution < -0.4 is 5.73 Å². The zero-order chi connectivity index (χ0) is 14.2. The molecule has 0 heterocycles. The van der Waals surface area contributed by atoms with Gasteiger partial charge < -0.3 is 5.73 Å². The van der Waals surface area contributed by atoms with Crippen LogP contribution in [0.5, 0.6) is 0 Å². The first-order valence-electron chi connectivity index (χ1n) is 5.25. The largest absolute Gasteiger partial charge is 0.320 e. The summed E-state index contributed by atoms with van der Waals surface area (Å²) in [7, 11) is 0. The first-order valence-corrected chi connectivity index (χ1v) is 6.43. The lowest BCUT2D eigenvalue weighted by atomic mass is 9.98. The molecule has 0 saturated heterocycles. The van der Waals surface area contributed by atoms with Crippen LogP contribution in [0.25, 0.3) is 0 Å². The van der Waals surface area contributed by atoms with Crippen molar-refractivity contribution in [2.24, 2.45) is 5.73 Å². The third-order valence-electron chi connectivity index (χ3n) is 2.69. The third-order valence-corrected chi connectivity index (χ3v) is 3.62. The molecule has 0 spiro atoms. The quantitative estimate of drug-likeness (QED) is 0.789. The topological polar surface area (TPSA) is 26.0 Å². The van der Waals surface area contributed by atoms with Crippen molar-refractivity contribution in [1.82, 2.24) is 0 Å². The summed E-state index contributed by atoms with van der Waals surface area (Å²) in [6, 6.07) is 4.69. The van der Waals surface area contributed by atoms with Gasteiger partial charge in [0.1, 0.15) is 17.5 Å². The van der Waals surface area contributed by atoms with E-state index in [1.807, 2.05) is 0 Å². The van der Waals surface area contributed by atoms with E-state index in [9.17, 15) is 13.2 Å². The van der Waals surface area contributed by atoms with Crippen LogP contribution in [0.1, 0.15) is 17.2 Å². The molecule has 0 radical (unpaired) electrons. The molecule has 2 aromatic rings. The summed E-state index contributed by atoms with van der Waals surface area (Å²) in [6.45, 7) is 0. The van der Waals surface area contributed by atoms with Gasteiger partial charge in [-0.3, -0.25) is 0 Å². The normalized spacial score (nSPS) is 12.5. The van der Waals surface area contributed by atoms with E-state index in [1.165, 1.54) is 12.1 Å². The van der Waals surface area contributed by atoms with E-state index in [0.29, 0.717) is 0 Å². The van der Waals surface area contributed by atoms with Crippen LogP contribution in [-0.4, -0.2) is 0 Å². The SMILES string of the molecule is NC(c1cc(F)c(Br)cc1F)c1c(F)cccc1Cl. The van der Waals surface area contributed by atoms with Gasteiger partial charge in [-0.25, -0.2) is 13.2 Å². The third kappa shape index (κ3) is 2.78. The van der Waals surface area contributed by atoms with Crippen molar-refractivity contribution in [1.29, 1.82) is 0 Å². The number of rotatable bonds is 2. The highest BCUT2D eigenvalue weighted by Gasteiger charge is 2.21. The number of halogens is 5. The minimum Gasteiger partial charge on any atom is -0.320 e. The molecule has 0 saturated carbocycles. The van der Waals surface area contributed by atoms with Gasteiger partial charge in [-0.2, -0.15) is 0 Å². The van der Waals surface area contributed by atoms with Crippen LogP contribution in [0.4, 0.5) is 13.2 Å². The summed E-state index contributed by atoms with van der Waals surface area (Å²) in [6.07, 6.45) is 0. The van der Waals surface area contributed by atoms with Gasteiger partial charge in [0.2, 0.25) is 0 Å². The molecule has 2 rings (SSSR count). The second-order valence-electron chi connectivity index (χ2n) is 3.90. The summed E-state index contributed by atoms with van der Waals surface area (Å²) >= 11 is 8.71. The molecule has 0 aromatic heterocycles. The Kier molecular flexibility index (Phi) is 4.18. The molecule has 19 heavy (non-hydrogen) atoms. The molecule has 2 aromatic carbocycles. The molecule has 0 aliphatic carbocycles. The molecular weight excluding hydrogens is 343 g/mol. The number of nitrogens with two attached hydrogens (primary N) is 1. The van der Waals surface area contributed by atoms with Crippen LogP contribution >= 0.6 is 27.5 Å². The van der Waals surface area contributed by atoms with Gasteiger partial charge >= 0.3 is 0 Å². The molecule has 0 aliphatic rings. The Hall–Kier alpha value is -1.04.